The highest BCUT2D eigenvalue weighted by Gasteiger charge is 2.20. The summed E-state index contributed by atoms with van der Waals surface area (Å²) in [5.74, 6) is 2.08. The normalized spacial score (nSPS) is 12.0. The summed E-state index contributed by atoms with van der Waals surface area (Å²) in [5, 5.41) is 12.2. The highest BCUT2D eigenvalue weighted by Crippen LogP contribution is 2.20. The number of aryl methyl sites for hydroxylation is 3. The van der Waals surface area contributed by atoms with E-state index in [4.69, 9.17) is 0 Å². The van der Waals surface area contributed by atoms with Gasteiger partial charge in [0.15, 0.2) is 0 Å². The van der Waals surface area contributed by atoms with Crippen molar-refractivity contribution in [2.24, 2.45) is 14.1 Å². The number of aromatic nitrogens is 8. The summed E-state index contributed by atoms with van der Waals surface area (Å²) in [6.45, 7) is 22.3. The molecule has 0 N–H and O–H groups in total. The van der Waals surface area contributed by atoms with Gasteiger partial charge in [-0.2, -0.15) is 15.3 Å². The molecule has 0 amide bonds. The standard InChI is InChI=1S/C8H15N3.C8H14N2.C7H13N3/c1-5-11-7(8(2,3)4)9-6-10-11;1-8(2,3)7-5-6-9-10(7)4;1-7(2,3)6-8-5-9-10(6)4/h6H,5H2,1-4H3;5-6H,1-4H3;5H,1-4H3. The summed E-state index contributed by atoms with van der Waals surface area (Å²) in [7, 11) is 3.88. The van der Waals surface area contributed by atoms with Crippen molar-refractivity contribution in [3.63, 3.8) is 0 Å². The molecule has 0 saturated heterocycles. The lowest BCUT2D eigenvalue weighted by Gasteiger charge is -2.17. The molecule has 0 saturated carbocycles. The zero-order valence-electron chi connectivity index (χ0n) is 21.6. The Morgan fingerprint density at radius 3 is 1.45 bits per heavy atom. The molecule has 0 aliphatic carbocycles. The first kappa shape index (κ1) is 26.5. The zero-order chi connectivity index (χ0) is 24.0. The van der Waals surface area contributed by atoms with Crippen molar-refractivity contribution >= 4 is 0 Å². The Morgan fingerprint density at radius 2 is 1.19 bits per heavy atom. The molecule has 0 unspecified atom stereocenters. The molecule has 8 heteroatoms. The lowest BCUT2D eigenvalue weighted by atomic mass is 9.92. The predicted molar refractivity (Wildman–Crippen MR) is 126 cm³/mol. The van der Waals surface area contributed by atoms with Gasteiger partial charge in [-0.05, 0) is 13.0 Å². The molecule has 174 valence electrons. The van der Waals surface area contributed by atoms with Crippen LogP contribution < -0.4 is 0 Å². The average Bonchev–Trinajstić information content (AvgIpc) is 3.33. The minimum atomic E-state index is 0.102. The van der Waals surface area contributed by atoms with E-state index < -0.39 is 0 Å². The smallest absolute Gasteiger partial charge is 0.138 e. The Morgan fingerprint density at radius 1 is 0.677 bits per heavy atom. The van der Waals surface area contributed by atoms with Crippen molar-refractivity contribution < 1.29 is 0 Å². The van der Waals surface area contributed by atoms with Crippen LogP contribution in [-0.2, 0) is 36.9 Å². The highest BCUT2D eigenvalue weighted by atomic mass is 15.3. The van der Waals surface area contributed by atoms with Gasteiger partial charge in [0, 0.05) is 48.8 Å². The second-order valence-electron chi connectivity index (χ2n) is 10.7. The molecular formula is C23H42N8. The molecule has 3 aromatic heterocycles. The van der Waals surface area contributed by atoms with E-state index in [1.54, 1.807) is 17.3 Å². The lowest BCUT2D eigenvalue weighted by molar-refractivity contribution is 0.483. The molecule has 0 fully saturated rings. The zero-order valence-corrected chi connectivity index (χ0v) is 21.6. The third-order valence-corrected chi connectivity index (χ3v) is 4.56. The summed E-state index contributed by atoms with van der Waals surface area (Å²) in [6.07, 6.45) is 5.03. The van der Waals surface area contributed by atoms with E-state index in [-0.39, 0.29) is 16.2 Å². The quantitative estimate of drug-likeness (QED) is 0.571. The number of hydrogen-bond acceptors (Lipinski definition) is 5. The Hall–Kier alpha value is -2.51. The fourth-order valence-corrected chi connectivity index (χ4v) is 3.16. The lowest BCUT2D eigenvalue weighted by Crippen LogP contribution is -2.19. The van der Waals surface area contributed by atoms with Crippen LogP contribution in [0, 0.1) is 0 Å². The minimum Gasteiger partial charge on any atom is -0.272 e. The van der Waals surface area contributed by atoms with E-state index >= 15 is 0 Å². The van der Waals surface area contributed by atoms with Gasteiger partial charge in [0.1, 0.15) is 24.3 Å². The van der Waals surface area contributed by atoms with Crippen LogP contribution in [0.25, 0.3) is 0 Å². The molecule has 0 atom stereocenters. The second-order valence-corrected chi connectivity index (χ2v) is 10.7. The van der Waals surface area contributed by atoms with Gasteiger partial charge in [-0.15, -0.1) is 0 Å². The predicted octanol–water partition coefficient (Wildman–Crippen LogP) is 4.43. The van der Waals surface area contributed by atoms with E-state index in [2.05, 4.69) is 101 Å². The van der Waals surface area contributed by atoms with Crippen molar-refractivity contribution in [3.05, 3.63) is 42.3 Å². The third-order valence-electron chi connectivity index (χ3n) is 4.56. The van der Waals surface area contributed by atoms with E-state index in [0.717, 1.165) is 18.2 Å². The first-order valence-corrected chi connectivity index (χ1v) is 10.8. The van der Waals surface area contributed by atoms with Crippen LogP contribution in [0.4, 0.5) is 0 Å². The summed E-state index contributed by atoms with van der Waals surface area (Å²) < 4.78 is 5.65. The summed E-state index contributed by atoms with van der Waals surface area (Å²) in [5.41, 5.74) is 1.69. The Kier molecular flexibility index (Phi) is 8.73. The van der Waals surface area contributed by atoms with Crippen molar-refractivity contribution in [1.82, 2.24) is 39.3 Å². The molecule has 3 rings (SSSR count). The molecule has 0 aliphatic heterocycles. The van der Waals surface area contributed by atoms with Crippen LogP contribution in [0.2, 0.25) is 0 Å². The summed E-state index contributed by atoms with van der Waals surface area (Å²) in [6, 6.07) is 2.06. The van der Waals surface area contributed by atoms with Crippen molar-refractivity contribution in [3.8, 4) is 0 Å². The third kappa shape index (κ3) is 7.92. The second kappa shape index (κ2) is 10.2. The molecule has 0 radical (unpaired) electrons. The first-order chi connectivity index (χ1) is 14.1. The number of hydrogen-bond donors (Lipinski definition) is 0. The summed E-state index contributed by atoms with van der Waals surface area (Å²) in [4.78, 5) is 8.35. The minimum absolute atomic E-state index is 0.102. The van der Waals surface area contributed by atoms with E-state index in [0.29, 0.717) is 0 Å². The van der Waals surface area contributed by atoms with Crippen LogP contribution in [0.15, 0.2) is 24.9 Å². The fourth-order valence-electron chi connectivity index (χ4n) is 3.16. The van der Waals surface area contributed by atoms with Crippen LogP contribution in [-0.4, -0.2) is 39.3 Å². The Labute approximate surface area is 188 Å². The van der Waals surface area contributed by atoms with E-state index in [1.165, 1.54) is 5.69 Å². The molecule has 3 aromatic rings. The molecule has 3 heterocycles. The van der Waals surface area contributed by atoms with Crippen LogP contribution in [0.3, 0.4) is 0 Å². The van der Waals surface area contributed by atoms with E-state index in [9.17, 15) is 0 Å². The van der Waals surface area contributed by atoms with Crippen molar-refractivity contribution in [2.75, 3.05) is 0 Å². The molecular weight excluding hydrogens is 388 g/mol. The Bertz CT molecular complexity index is 860. The van der Waals surface area contributed by atoms with Gasteiger partial charge >= 0.3 is 0 Å². The fraction of sp³-hybridized carbons (Fsp3) is 0.696. The number of nitrogens with zero attached hydrogens (tertiary/aromatic N) is 8. The number of rotatable bonds is 1. The molecule has 0 aliphatic rings. The molecule has 0 spiro atoms. The van der Waals surface area contributed by atoms with Crippen molar-refractivity contribution in [1.29, 1.82) is 0 Å². The average molecular weight is 431 g/mol. The molecule has 8 nitrogen and oxygen atoms in total. The maximum Gasteiger partial charge on any atom is 0.138 e. The van der Waals surface area contributed by atoms with Gasteiger partial charge in [0.05, 0.1) is 0 Å². The first-order valence-electron chi connectivity index (χ1n) is 10.8. The van der Waals surface area contributed by atoms with Gasteiger partial charge in [-0.25, -0.2) is 14.6 Å². The van der Waals surface area contributed by atoms with Crippen molar-refractivity contribution in [2.45, 2.75) is 92.0 Å². The van der Waals surface area contributed by atoms with Crippen LogP contribution in [0.1, 0.15) is 86.6 Å². The van der Waals surface area contributed by atoms with Gasteiger partial charge < -0.3 is 0 Å². The molecule has 0 aromatic carbocycles. The monoisotopic (exact) mass is 430 g/mol. The topological polar surface area (TPSA) is 79.2 Å². The molecule has 31 heavy (non-hydrogen) atoms. The van der Waals surface area contributed by atoms with Crippen LogP contribution >= 0.6 is 0 Å². The van der Waals surface area contributed by atoms with E-state index in [1.807, 2.05) is 29.7 Å². The van der Waals surface area contributed by atoms with Crippen LogP contribution in [0.5, 0.6) is 0 Å². The largest absolute Gasteiger partial charge is 0.272 e. The van der Waals surface area contributed by atoms with Gasteiger partial charge in [0.25, 0.3) is 0 Å². The van der Waals surface area contributed by atoms with Gasteiger partial charge in [-0.1, -0.05) is 62.3 Å². The highest BCUT2D eigenvalue weighted by molar-refractivity contribution is 5.11. The molecule has 0 bridgehead atoms. The summed E-state index contributed by atoms with van der Waals surface area (Å²) >= 11 is 0. The SMILES string of the molecule is CCn1ncnc1C(C)(C)C.Cn1nccc1C(C)(C)C.Cn1ncnc1C(C)(C)C. The van der Waals surface area contributed by atoms with Gasteiger partial charge in [-0.3, -0.25) is 9.36 Å². The maximum absolute atomic E-state index is 4.21. The maximum atomic E-state index is 4.21. The Balaban J connectivity index is 0.000000233. The van der Waals surface area contributed by atoms with Gasteiger partial charge in [0.2, 0.25) is 0 Å².